The quantitative estimate of drug-likeness (QED) is 0.381. The van der Waals surface area contributed by atoms with Crippen LogP contribution < -0.4 is 0 Å². The molecule has 0 N–H and O–H groups in total. The zero-order valence-corrected chi connectivity index (χ0v) is 20.8. The summed E-state index contributed by atoms with van der Waals surface area (Å²) in [7, 11) is 0. The summed E-state index contributed by atoms with van der Waals surface area (Å²) in [5, 5.41) is 0. The zero-order valence-electron chi connectivity index (χ0n) is 20.8. The van der Waals surface area contributed by atoms with Crippen LogP contribution in [0.4, 0.5) is 0 Å². The molecule has 0 aromatic carbocycles. The molecule has 0 saturated heterocycles. The zero-order chi connectivity index (χ0) is 21.4. The molecule has 0 heterocycles. The van der Waals surface area contributed by atoms with Gasteiger partial charge in [0, 0.05) is 0 Å². The first kappa shape index (κ1) is 21.7. The summed E-state index contributed by atoms with van der Waals surface area (Å²) in [5.41, 5.74) is 8.34. The minimum atomic E-state index is 0.648. The molecule has 4 unspecified atom stereocenters. The van der Waals surface area contributed by atoms with Crippen LogP contribution in [0.15, 0.2) is 34.4 Å². The van der Waals surface area contributed by atoms with Gasteiger partial charge in [-0.15, -0.1) is 0 Å². The highest BCUT2D eigenvalue weighted by atomic mass is 14.6. The first-order valence-corrected chi connectivity index (χ1v) is 14.9. The van der Waals surface area contributed by atoms with Crippen LogP contribution in [0.3, 0.4) is 0 Å². The van der Waals surface area contributed by atoms with Crippen LogP contribution in [-0.2, 0) is 0 Å². The monoisotopic (exact) mass is 432 g/mol. The van der Waals surface area contributed by atoms with Gasteiger partial charge >= 0.3 is 0 Å². The molecule has 0 aromatic heterocycles. The number of hydrogen-bond acceptors (Lipinski definition) is 0. The Balaban J connectivity index is 1.14. The molecule has 176 valence electrons. The lowest BCUT2D eigenvalue weighted by Crippen LogP contribution is -2.31. The van der Waals surface area contributed by atoms with Crippen molar-refractivity contribution in [1.82, 2.24) is 0 Å². The molecule has 6 aliphatic rings. The lowest BCUT2D eigenvalue weighted by Gasteiger charge is -2.42. The van der Waals surface area contributed by atoms with E-state index in [0.717, 1.165) is 23.7 Å². The number of allylic oxidation sites excluding steroid dienone is 6. The molecule has 32 heavy (non-hydrogen) atoms. The van der Waals surface area contributed by atoms with E-state index in [9.17, 15) is 0 Å². The molecule has 5 saturated carbocycles. The van der Waals surface area contributed by atoms with E-state index in [1.54, 1.807) is 5.57 Å². The van der Waals surface area contributed by atoms with Crippen molar-refractivity contribution < 1.29 is 0 Å². The molecule has 0 radical (unpaired) electrons. The largest absolute Gasteiger partial charge is 0.0822 e. The minimum Gasteiger partial charge on any atom is -0.0822 e. The van der Waals surface area contributed by atoms with Crippen LogP contribution in [0.1, 0.15) is 135 Å². The van der Waals surface area contributed by atoms with Gasteiger partial charge in [-0.3, -0.25) is 0 Å². The van der Waals surface area contributed by atoms with Crippen LogP contribution in [0.25, 0.3) is 0 Å². The summed E-state index contributed by atoms with van der Waals surface area (Å²) in [6.07, 6.45) is 36.6. The minimum absolute atomic E-state index is 0.648. The summed E-state index contributed by atoms with van der Waals surface area (Å²) < 4.78 is 0. The fourth-order valence-corrected chi connectivity index (χ4v) is 8.99. The van der Waals surface area contributed by atoms with Crippen molar-refractivity contribution in [3.8, 4) is 0 Å². The molecular weight excluding hydrogens is 384 g/mol. The maximum absolute atomic E-state index is 2.82. The Morgan fingerprint density at radius 3 is 1.97 bits per heavy atom. The molecule has 5 fully saturated rings. The highest BCUT2D eigenvalue weighted by Crippen LogP contribution is 2.68. The lowest BCUT2D eigenvalue weighted by molar-refractivity contribution is 0.288. The Morgan fingerprint density at radius 2 is 1.22 bits per heavy atom. The van der Waals surface area contributed by atoms with Crippen LogP contribution >= 0.6 is 0 Å². The molecule has 0 bridgehead atoms. The van der Waals surface area contributed by atoms with Gasteiger partial charge in [0.15, 0.2) is 0 Å². The van der Waals surface area contributed by atoms with Crippen molar-refractivity contribution in [2.24, 2.45) is 29.1 Å². The smallest absolute Gasteiger partial charge is 0.00817 e. The van der Waals surface area contributed by atoms with Crippen molar-refractivity contribution in [2.75, 3.05) is 0 Å². The third kappa shape index (κ3) is 4.22. The summed E-state index contributed by atoms with van der Waals surface area (Å²) in [6.45, 7) is 0. The van der Waals surface area contributed by atoms with Gasteiger partial charge in [0.05, 0.1) is 0 Å². The van der Waals surface area contributed by atoms with E-state index in [4.69, 9.17) is 0 Å². The highest BCUT2D eigenvalue weighted by molar-refractivity contribution is 5.47. The second kappa shape index (κ2) is 9.46. The molecule has 4 atom stereocenters. The van der Waals surface area contributed by atoms with Crippen LogP contribution in [0.2, 0.25) is 0 Å². The first-order valence-electron chi connectivity index (χ1n) is 14.9. The van der Waals surface area contributed by atoms with Crippen LogP contribution in [0.5, 0.6) is 0 Å². The topological polar surface area (TPSA) is 0 Å². The molecule has 6 rings (SSSR count). The van der Waals surface area contributed by atoms with E-state index < -0.39 is 0 Å². The van der Waals surface area contributed by atoms with Crippen molar-refractivity contribution in [1.29, 1.82) is 0 Å². The first-order chi connectivity index (χ1) is 15.8. The summed E-state index contributed by atoms with van der Waals surface area (Å²) in [4.78, 5) is 0. The molecule has 0 amide bonds. The second-order valence-electron chi connectivity index (χ2n) is 12.9. The average molecular weight is 433 g/mol. The lowest BCUT2D eigenvalue weighted by atomic mass is 9.62. The van der Waals surface area contributed by atoms with Gasteiger partial charge in [0.1, 0.15) is 0 Å². The second-order valence-corrected chi connectivity index (χ2v) is 12.9. The van der Waals surface area contributed by atoms with Crippen molar-refractivity contribution in [3.63, 3.8) is 0 Å². The van der Waals surface area contributed by atoms with Gasteiger partial charge in [-0.25, -0.2) is 0 Å². The van der Waals surface area contributed by atoms with Gasteiger partial charge in [0.2, 0.25) is 0 Å². The third-order valence-electron chi connectivity index (χ3n) is 10.9. The third-order valence-corrected chi connectivity index (χ3v) is 10.9. The van der Waals surface area contributed by atoms with E-state index in [1.807, 2.05) is 16.7 Å². The molecule has 1 spiro atoms. The van der Waals surface area contributed by atoms with Crippen molar-refractivity contribution in [2.45, 2.75) is 135 Å². The number of fused-ring (bicyclic) bond motifs is 4. The molecule has 0 aromatic rings. The molecule has 0 heteroatoms. The predicted molar refractivity (Wildman–Crippen MR) is 137 cm³/mol. The van der Waals surface area contributed by atoms with Gasteiger partial charge in [-0.1, -0.05) is 85.8 Å². The molecule has 0 aliphatic heterocycles. The maximum atomic E-state index is 2.82. The van der Waals surface area contributed by atoms with Crippen LogP contribution in [-0.4, -0.2) is 0 Å². The summed E-state index contributed by atoms with van der Waals surface area (Å²) >= 11 is 0. The Kier molecular flexibility index (Phi) is 6.43. The van der Waals surface area contributed by atoms with E-state index >= 15 is 0 Å². The Morgan fingerprint density at radius 1 is 0.562 bits per heavy atom. The van der Waals surface area contributed by atoms with Gasteiger partial charge in [0.25, 0.3) is 0 Å². The number of rotatable bonds is 2. The standard InChI is InChI=1S/C32H48/c1-2-4-6-10-24(11-7-5-3-1)21-27-22-29-28-16-19-32(31(28)30(29)23-27)17-9-14-26(15-18-32)20-25-12-8-13-25/h20-21,24,26,28-29H,1-19,22-23H2/b27-21+. The highest BCUT2D eigenvalue weighted by Gasteiger charge is 2.56. The van der Waals surface area contributed by atoms with E-state index in [-0.39, 0.29) is 0 Å². The van der Waals surface area contributed by atoms with Crippen molar-refractivity contribution in [3.05, 3.63) is 34.4 Å². The van der Waals surface area contributed by atoms with Gasteiger partial charge in [-0.05, 0) is 113 Å². The Labute approximate surface area is 198 Å². The predicted octanol–water partition coefficient (Wildman–Crippen LogP) is 9.86. The van der Waals surface area contributed by atoms with E-state index in [0.29, 0.717) is 5.41 Å². The summed E-state index contributed by atoms with van der Waals surface area (Å²) in [6, 6.07) is 0. The molecule has 0 nitrogen and oxygen atoms in total. The number of hydrogen-bond donors (Lipinski definition) is 0. The average Bonchev–Trinajstić information content (AvgIpc) is 3.18. The fraction of sp³-hybridized carbons (Fsp3) is 0.812. The van der Waals surface area contributed by atoms with Gasteiger partial charge in [-0.2, -0.15) is 0 Å². The molecular formula is C32H48. The van der Waals surface area contributed by atoms with E-state index in [1.165, 1.54) is 135 Å². The van der Waals surface area contributed by atoms with Gasteiger partial charge < -0.3 is 0 Å². The normalized spacial score (nSPS) is 39.9. The molecule has 6 aliphatic carbocycles. The van der Waals surface area contributed by atoms with Crippen molar-refractivity contribution >= 4 is 0 Å². The maximum Gasteiger partial charge on any atom is -0.00817 e. The Hall–Kier alpha value is -0.780. The van der Waals surface area contributed by atoms with E-state index in [2.05, 4.69) is 12.2 Å². The fourth-order valence-electron chi connectivity index (χ4n) is 8.99. The SMILES string of the molecule is C(=C1CCC1)C1CCCC2(CC1)CCC1C2=C2C/C(=C/C3CCCCCCCCC3)CC21. The Bertz CT molecular complexity index is 762. The summed E-state index contributed by atoms with van der Waals surface area (Å²) in [5.74, 6) is 3.79. The van der Waals surface area contributed by atoms with Crippen LogP contribution in [0, 0.1) is 29.1 Å².